The molecule has 1 N–H and O–H groups in total. The lowest BCUT2D eigenvalue weighted by Crippen LogP contribution is -2.42. The largest absolute Gasteiger partial charge is 0.333 e. The number of aromatic nitrogens is 2. The second-order valence-corrected chi connectivity index (χ2v) is 10.5. The summed E-state index contributed by atoms with van der Waals surface area (Å²) in [6.45, 7) is 9.19. The minimum absolute atomic E-state index is 0.0417. The summed E-state index contributed by atoms with van der Waals surface area (Å²) in [6.07, 6.45) is 2.24. The number of aryl methyl sites for hydroxylation is 1. The molecule has 0 radical (unpaired) electrons. The third-order valence-electron chi connectivity index (χ3n) is 5.80. The molecule has 160 valence electrons. The highest BCUT2D eigenvalue weighted by Gasteiger charge is 2.37. The van der Waals surface area contributed by atoms with E-state index >= 15 is 0 Å². The minimum Gasteiger partial charge on any atom is -0.333 e. The van der Waals surface area contributed by atoms with Crippen LogP contribution in [-0.4, -0.2) is 44.7 Å². The topological polar surface area (TPSA) is 86.4 Å². The fraction of sp³-hybridized carbons (Fsp3) is 0.545. The number of fused-ring (bicyclic) bond motifs is 1. The van der Waals surface area contributed by atoms with Crippen molar-refractivity contribution in [3.8, 4) is 0 Å². The Balaban J connectivity index is 1.58. The van der Waals surface area contributed by atoms with E-state index in [4.69, 9.17) is 4.98 Å². The van der Waals surface area contributed by atoms with Crippen molar-refractivity contribution < 1.29 is 9.59 Å². The lowest BCUT2D eigenvalue weighted by atomic mass is 9.94. The van der Waals surface area contributed by atoms with Crippen LogP contribution in [0.25, 0.3) is 0 Å². The predicted octanol–water partition coefficient (Wildman–Crippen LogP) is 3.05. The van der Waals surface area contributed by atoms with Gasteiger partial charge in [-0.3, -0.25) is 14.4 Å². The van der Waals surface area contributed by atoms with Crippen LogP contribution >= 0.6 is 11.3 Å². The first-order valence-electron chi connectivity index (χ1n) is 10.4. The van der Waals surface area contributed by atoms with Crippen LogP contribution in [0.1, 0.15) is 71.3 Å². The molecular weight excluding hydrogens is 400 g/mol. The van der Waals surface area contributed by atoms with Gasteiger partial charge >= 0.3 is 0 Å². The Hall–Kier alpha value is -2.48. The van der Waals surface area contributed by atoms with Crippen LogP contribution in [0.5, 0.6) is 0 Å². The van der Waals surface area contributed by atoms with Crippen molar-refractivity contribution in [2.24, 2.45) is 5.41 Å². The average Bonchev–Trinajstić information content (AvgIpc) is 3.35. The molecule has 7 nitrogen and oxygen atoms in total. The van der Waals surface area contributed by atoms with E-state index in [1.807, 2.05) is 44.7 Å². The summed E-state index contributed by atoms with van der Waals surface area (Å²) in [7, 11) is 0. The number of nitrogens with zero attached hydrogens (tertiary/aromatic N) is 3. The number of hydrogen-bond acceptors (Lipinski definition) is 5. The lowest BCUT2D eigenvalue weighted by Gasteiger charge is -2.31. The van der Waals surface area contributed by atoms with E-state index in [9.17, 15) is 14.4 Å². The zero-order valence-electron chi connectivity index (χ0n) is 17.9. The van der Waals surface area contributed by atoms with E-state index in [2.05, 4.69) is 4.98 Å². The highest BCUT2D eigenvalue weighted by Crippen LogP contribution is 2.34. The highest BCUT2D eigenvalue weighted by molar-refractivity contribution is 7.13. The van der Waals surface area contributed by atoms with Crippen molar-refractivity contribution in [1.82, 2.24) is 19.8 Å². The molecule has 2 amide bonds. The fourth-order valence-corrected chi connectivity index (χ4v) is 5.04. The Morgan fingerprint density at radius 2 is 2.00 bits per heavy atom. The van der Waals surface area contributed by atoms with E-state index < -0.39 is 5.41 Å². The summed E-state index contributed by atoms with van der Waals surface area (Å²) in [5.41, 5.74) is 0.622. The zero-order chi connectivity index (χ0) is 21.6. The molecule has 2 aliphatic rings. The third kappa shape index (κ3) is 3.80. The number of rotatable bonds is 2. The van der Waals surface area contributed by atoms with Crippen LogP contribution in [0.3, 0.4) is 0 Å². The zero-order valence-corrected chi connectivity index (χ0v) is 18.8. The molecule has 2 aromatic rings. The molecular formula is C22H28N4O3S. The van der Waals surface area contributed by atoms with Crippen molar-refractivity contribution >= 4 is 23.2 Å². The highest BCUT2D eigenvalue weighted by atomic mass is 32.1. The molecule has 2 aromatic heterocycles. The number of thiophene rings is 1. The minimum atomic E-state index is -0.474. The fourth-order valence-electron chi connectivity index (χ4n) is 4.21. The van der Waals surface area contributed by atoms with Gasteiger partial charge in [0.15, 0.2) is 0 Å². The first-order chi connectivity index (χ1) is 14.1. The molecule has 0 bridgehead atoms. The van der Waals surface area contributed by atoms with Gasteiger partial charge < -0.3 is 14.8 Å². The van der Waals surface area contributed by atoms with Gasteiger partial charge in [-0.2, -0.15) is 0 Å². The molecule has 4 rings (SSSR count). The number of carbonyl (C=O) groups is 2. The Bertz CT molecular complexity index is 1050. The van der Waals surface area contributed by atoms with Gasteiger partial charge in [0.05, 0.1) is 28.7 Å². The predicted molar refractivity (Wildman–Crippen MR) is 116 cm³/mol. The van der Waals surface area contributed by atoms with Gasteiger partial charge in [-0.25, -0.2) is 4.98 Å². The van der Waals surface area contributed by atoms with Crippen molar-refractivity contribution in [2.75, 3.05) is 13.1 Å². The summed E-state index contributed by atoms with van der Waals surface area (Å²) in [4.78, 5) is 51.5. The van der Waals surface area contributed by atoms with Crippen LogP contribution in [0, 0.1) is 12.3 Å². The van der Waals surface area contributed by atoms with E-state index in [0.29, 0.717) is 35.8 Å². The van der Waals surface area contributed by atoms with Crippen LogP contribution in [0.2, 0.25) is 0 Å². The number of H-pyrrole nitrogens is 1. The molecule has 1 saturated heterocycles. The molecule has 1 unspecified atom stereocenters. The molecule has 8 heteroatoms. The molecule has 0 aromatic carbocycles. The molecule has 2 aliphatic heterocycles. The summed E-state index contributed by atoms with van der Waals surface area (Å²) < 4.78 is 0. The maximum absolute atomic E-state index is 12.9. The summed E-state index contributed by atoms with van der Waals surface area (Å²) in [5.74, 6) is 0.607. The molecule has 30 heavy (non-hydrogen) atoms. The molecule has 0 spiro atoms. The summed E-state index contributed by atoms with van der Waals surface area (Å²) in [6, 6.07) is 3.58. The van der Waals surface area contributed by atoms with Gasteiger partial charge in [0, 0.05) is 29.8 Å². The maximum atomic E-state index is 12.9. The van der Waals surface area contributed by atoms with Gasteiger partial charge in [0.1, 0.15) is 5.82 Å². The van der Waals surface area contributed by atoms with Crippen molar-refractivity contribution in [3.63, 3.8) is 0 Å². The van der Waals surface area contributed by atoms with E-state index in [0.717, 1.165) is 23.4 Å². The summed E-state index contributed by atoms with van der Waals surface area (Å²) in [5, 5.41) is 0. The van der Waals surface area contributed by atoms with Gasteiger partial charge in [0.2, 0.25) is 5.91 Å². The number of nitrogens with one attached hydrogen (secondary N) is 1. The standard InChI is InChI=1S/C22H28N4O3S/c1-13-7-8-17(30-13)20(28)25-11-9-15-14(12-25)19(27)24-18(23-15)16-6-5-10-26(16)21(29)22(2,3)4/h7-8,16H,5-6,9-12H2,1-4H3,(H,23,24,27). The number of hydrogen-bond donors (Lipinski definition) is 1. The van der Waals surface area contributed by atoms with Crippen LogP contribution in [0.15, 0.2) is 16.9 Å². The Kier molecular flexibility index (Phi) is 5.30. The molecule has 1 atom stereocenters. The maximum Gasteiger partial charge on any atom is 0.264 e. The number of carbonyl (C=O) groups excluding carboxylic acids is 2. The van der Waals surface area contributed by atoms with Crippen molar-refractivity contribution in [2.45, 2.75) is 59.5 Å². The third-order valence-corrected chi connectivity index (χ3v) is 6.78. The van der Waals surface area contributed by atoms with Gasteiger partial charge in [-0.15, -0.1) is 11.3 Å². The van der Waals surface area contributed by atoms with Crippen LogP contribution < -0.4 is 5.56 Å². The van der Waals surface area contributed by atoms with Crippen LogP contribution in [-0.2, 0) is 17.8 Å². The monoisotopic (exact) mass is 428 g/mol. The average molecular weight is 429 g/mol. The van der Waals surface area contributed by atoms with Crippen molar-refractivity contribution in [1.29, 1.82) is 0 Å². The lowest BCUT2D eigenvalue weighted by molar-refractivity contribution is -0.140. The molecule has 4 heterocycles. The SMILES string of the molecule is Cc1ccc(C(=O)N2CCc3nc(C4CCCN4C(=O)C(C)(C)C)[nH]c(=O)c3C2)s1. The number of amides is 2. The summed E-state index contributed by atoms with van der Waals surface area (Å²) >= 11 is 1.47. The van der Waals surface area contributed by atoms with Gasteiger partial charge in [-0.1, -0.05) is 20.8 Å². The second kappa shape index (κ2) is 7.65. The van der Waals surface area contributed by atoms with E-state index in [-0.39, 0.29) is 30.0 Å². The van der Waals surface area contributed by atoms with Gasteiger partial charge in [0.25, 0.3) is 11.5 Å². The van der Waals surface area contributed by atoms with E-state index in [1.54, 1.807) is 4.90 Å². The smallest absolute Gasteiger partial charge is 0.264 e. The van der Waals surface area contributed by atoms with Crippen LogP contribution in [0.4, 0.5) is 0 Å². The molecule has 0 saturated carbocycles. The Labute approximate surface area is 180 Å². The number of likely N-dealkylation sites (tertiary alicyclic amines) is 1. The quantitative estimate of drug-likeness (QED) is 0.797. The van der Waals surface area contributed by atoms with E-state index in [1.165, 1.54) is 11.3 Å². The Morgan fingerprint density at radius 3 is 2.67 bits per heavy atom. The normalized spacial score (nSPS) is 19.1. The first-order valence-corrected chi connectivity index (χ1v) is 11.3. The molecule has 0 aliphatic carbocycles. The van der Waals surface area contributed by atoms with Gasteiger partial charge in [-0.05, 0) is 31.9 Å². The Morgan fingerprint density at radius 1 is 1.23 bits per heavy atom. The number of aromatic amines is 1. The molecule has 1 fully saturated rings. The van der Waals surface area contributed by atoms with Crippen molar-refractivity contribution in [3.05, 3.63) is 49.3 Å². The second-order valence-electron chi connectivity index (χ2n) is 9.17. The first kappa shape index (κ1) is 20.8.